The van der Waals surface area contributed by atoms with Gasteiger partial charge in [0.05, 0.1) is 19.8 Å². The number of rotatable bonds is 6. The highest BCUT2D eigenvalue weighted by Crippen LogP contribution is 2.31. The average Bonchev–Trinajstić information content (AvgIpc) is 2.70. The van der Waals surface area contributed by atoms with Crippen molar-refractivity contribution in [2.45, 2.75) is 47.0 Å². The third kappa shape index (κ3) is 5.66. The van der Waals surface area contributed by atoms with Crippen LogP contribution in [-0.4, -0.2) is 38.5 Å². The zero-order valence-corrected chi connectivity index (χ0v) is 20.1. The Morgan fingerprint density at radius 1 is 1.00 bits per heavy atom. The number of anilines is 2. The number of methoxy groups -OCH3 is 2. The molecule has 172 valence electrons. The van der Waals surface area contributed by atoms with Gasteiger partial charge in [-0.25, -0.2) is 4.79 Å². The predicted molar refractivity (Wildman–Crippen MR) is 126 cm³/mol. The zero-order chi connectivity index (χ0) is 24.2. The molecule has 2 rings (SSSR count). The fourth-order valence-electron chi connectivity index (χ4n) is 3.67. The van der Waals surface area contributed by atoms with E-state index in [4.69, 9.17) is 9.47 Å². The summed E-state index contributed by atoms with van der Waals surface area (Å²) in [5.41, 5.74) is 3.79. The molecule has 0 aliphatic heterocycles. The quantitative estimate of drug-likeness (QED) is 0.674. The highest BCUT2D eigenvalue weighted by molar-refractivity contribution is 6.03. The third-order valence-corrected chi connectivity index (χ3v) is 5.17. The average molecular weight is 441 g/mol. The fraction of sp³-hybridized carbons (Fsp3) is 0.400. The smallest absolute Gasteiger partial charge is 0.337 e. The number of carbonyl (C=O) groups excluding carboxylic acids is 3. The van der Waals surface area contributed by atoms with E-state index in [1.165, 1.54) is 18.9 Å². The van der Waals surface area contributed by atoms with Crippen molar-refractivity contribution in [3.63, 3.8) is 0 Å². The topological polar surface area (TPSA) is 84.9 Å². The van der Waals surface area contributed by atoms with Gasteiger partial charge in [0.2, 0.25) is 11.8 Å². The summed E-state index contributed by atoms with van der Waals surface area (Å²) < 4.78 is 10.2. The molecule has 0 saturated heterocycles. The molecule has 0 aromatic heterocycles. The lowest BCUT2D eigenvalue weighted by atomic mass is 9.85. The molecule has 0 aliphatic rings. The lowest BCUT2D eigenvalue weighted by Crippen LogP contribution is -2.37. The van der Waals surface area contributed by atoms with Gasteiger partial charge in [-0.1, -0.05) is 26.8 Å². The summed E-state index contributed by atoms with van der Waals surface area (Å²) in [7, 11) is 2.91. The molecule has 2 amide bonds. The van der Waals surface area contributed by atoms with Crippen molar-refractivity contribution in [1.29, 1.82) is 0 Å². The van der Waals surface area contributed by atoms with Gasteiger partial charge in [-0.3, -0.25) is 9.59 Å². The molecule has 7 heteroatoms. The van der Waals surface area contributed by atoms with E-state index in [9.17, 15) is 14.4 Å². The molecule has 0 atom stereocenters. The van der Waals surface area contributed by atoms with Crippen LogP contribution in [0.4, 0.5) is 11.4 Å². The molecule has 2 aromatic rings. The predicted octanol–water partition coefficient (Wildman–Crippen LogP) is 4.39. The molecule has 0 radical (unpaired) electrons. The molecule has 0 spiro atoms. The Hall–Kier alpha value is -3.35. The minimum atomic E-state index is -0.490. The molecule has 1 N–H and O–H groups in total. The Bertz CT molecular complexity index is 1010. The number of aryl methyl sites for hydroxylation is 2. The molecule has 0 unspecified atom stereocenters. The first kappa shape index (κ1) is 24.9. The fourth-order valence-corrected chi connectivity index (χ4v) is 3.67. The summed E-state index contributed by atoms with van der Waals surface area (Å²) in [5.74, 6) is -0.381. The van der Waals surface area contributed by atoms with Crippen LogP contribution in [0, 0.1) is 13.8 Å². The Balaban J connectivity index is 2.37. The number of esters is 1. The molecule has 32 heavy (non-hydrogen) atoms. The van der Waals surface area contributed by atoms with Crippen LogP contribution in [0.25, 0.3) is 0 Å². The number of hydrogen-bond acceptors (Lipinski definition) is 5. The van der Waals surface area contributed by atoms with Crippen molar-refractivity contribution in [2.75, 3.05) is 31.0 Å². The van der Waals surface area contributed by atoms with Crippen molar-refractivity contribution in [2.24, 2.45) is 0 Å². The Labute approximate surface area is 189 Å². The van der Waals surface area contributed by atoms with Crippen LogP contribution in [0.2, 0.25) is 0 Å². The number of hydrogen-bond donors (Lipinski definition) is 1. The molecular formula is C25H32N2O5. The van der Waals surface area contributed by atoms with Gasteiger partial charge in [0.25, 0.3) is 0 Å². The van der Waals surface area contributed by atoms with E-state index in [1.807, 2.05) is 46.8 Å². The van der Waals surface area contributed by atoms with Gasteiger partial charge in [0.1, 0.15) is 12.3 Å². The summed E-state index contributed by atoms with van der Waals surface area (Å²) >= 11 is 0. The maximum atomic E-state index is 13.0. The van der Waals surface area contributed by atoms with E-state index >= 15 is 0 Å². The third-order valence-electron chi connectivity index (χ3n) is 5.17. The molecular weight excluding hydrogens is 408 g/mol. The minimum absolute atomic E-state index is 0.174. The lowest BCUT2D eigenvalue weighted by Gasteiger charge is -2.25. The summed E-state index contributed by atoms with van der Waals surface area (Å²) in [4.78, 5) is 38.7. The number of nitrogens with zero attached hydrogens (tertiary/aromatic N) is 1. The maximum Gasteiger partial charge on any atom is 0.337 e. The molecule has 7 nitrogen and oxygen atoms in total. The van der Waals surface area contributed by atoms with Crippen LogP contribution in [0.1, 0.15) is 54.7 Å². The van der Waals surface area contributed by atoms with Gasteiger partial charge < -0.3 is 19.7 Å². The first-order chi connectivity index (χ1) is 14.9. The van der Waals surface area contributed by atoms with Crippen molar-refractivity contribution >= 4 is 29.2 Å². The summed E-state index contributed by atoms with van der Waals surface area (Å²) in [6.45, 7) is 11.1. The summed E-state index contributed by atoms with van der Waals surface area (Å²) in [6, 6.07) is 8.72. The van der Waals surface area contributed by atoms with Gasteiger partial charge >= 0.3 is 5.97 Å². The van der Waals surface area contributed by atoms with Crippen LogP contribution in [-0.2, 0) is 19.7 Å². The van der Waals surface area contributed by atoms with Gasteiger partial charge in [-0.2, -0.15) is 0 Å². The van der Waals surface area contributed by atoms with Gasteiger partial charge in [0.15, 0.2) is 0 Å². The van der Waals surface area contributed by atoms with Crippen molar-refractivity contribution in [3.8, 4) is 5.75 Å². The van der Waals surface area contributed by atoms with Crippen LogP contribution in [0.3, 0.4) is 0 Å². The molecule has 0 fully saturated rings. The van der Waals surface area contributed by atoms with Crippen molar-refractivity contribution in [3.05, 3.63) is 52.6 Å². The second kappa shape index (κ2) is 9.85. The van der Waals surface area contributed by atoms with Crippen molar-refractivity contribution < 1.29 is 23.9 Å². The van der Waals surface area contributed by atoms with Crippen LogP contribution in [0.15, 0.2) is 30.3 Å². The summed E-state index contributed by atoms with van der Waals surface area (Å²) in [6.07, 6.45) is 0. The normalized spacial score (nSPS) is 11.0. The van der Waals surface area contributed by atoms with Crippen LogP contribution < -0.4 is 15.0 Å². The number of amides is 2. The summed E-state index contributed by atoms with van der Waals surface area (Å²) in [5, 5.41) is 2.88. The molecule has 0 aliphatic carbocycles. The molecule has 0 bridgehead atoms. The van der Waals surface area contributed by atoms with Crippen LogP contribution >= 0.6 is 0 Å². The van der Waals surface area contributed by atoms with E-state index in [0.29, 0.717) is 16.9 Å². The van der Waals surface area contributed by atoms with Crippen molar-refractivity contribution in [1.82, 2.24) is 0 Å². The van der Waals surface area contributed by atoms with Crippen LogP contribution in [0.5, 0.6) is 5.75 Å². The standard InChI is InChI=1S/C25H32N2O5/c1-15-11-19(12-16(2)23(15)31-7)27(17(3)28)14-22(29)26-21-13-18(24(30)32-8)9-10-20(21)25(4,5)6/h9-13H,14H2,1-8H3,(H,26,29). The number of nitrogens with one attached hydrogen (secondary N) is 1. The number of carbonyl (C=O) groups is 3. The highest BCUT2D eigenvalue weighted by atomic mass is 16.5. The lowest BCUT2D eigenvalue weighted by molar-refractivity contribution is -0.120. The van der Waals surface area contributed by atoms with E-state index in [2.05, 4.69) is 5.32 Å². The van der Waals surface area contributed by atoms with Gasteiger partial charge in [-0.15, -0.1) is 0 Å². The maximum absolute atomic E-state index is 13.0. The Kier molecular flexibility index (Phi) is 7.67. The first-order valence-electron chi connectivity index (χ1n) is 10.3. The van der Waals surface area contributed by atoms with Gasteiger partial charge in [-0.05, 0) is 60.2 Å². The monoisotopic (exact) mass is 440 g/mol. The number of ether oxygens (including phenoxy) is 2. The molecule has 0 heterocycles. The Morgan fingerprint density at radius 2 is 1.59 bits per heavy atom. The number of benzene rings is 2. The SMILES string of the molecule is COC(=O)c1ccc(C(C)(C)C)c(NC(=O)CN(C(C)=O)c2cc(C)c(OC)c(C)c2)c1. The highest BCUT2D eigenvalue weighted by Gasteiger charge is 2.23. The molecule has 2 aromatic carbocycles. The van der Waals surface area contributed by atoms with E-state index in [0.717, 1.165) is 22.4 Å². The van der Waals surface area contributed by atoms with E-state index in [-0.39, 0.29) is 23.8 Å². The largest absolute Gasteiger partial charge is 0.496 e. The molecule has 0 saturated carbocycles. The van der Waals surface area contributed by atoms with E-state index < -0.39 is 5.97 Å². The van der Waals surface area contributed by atoms with E-state index in [1.54, 1.807) is 25.3 Å². The van der Waals surface area contributed by atoms with Gasteiger partial charge in [0, 0.05) is 18.3 Å². The Morgan fingerprint density at radius 3 is 2.06 bits per heavy atom. The zero-order valence-electron chi connectivity index (χ0n) is 20.1. The minimum Gasteiger partial charge on any atom is -0.496 e. The second-order valence-electron chi connectivity index (χ2n) is 8.77. The second-order valence-corrected chi connectivity index (χ2v) is 8.77. The first-order valence-corrected chi connectivity index (χ1v) is 10.3.